The number of carbonyl (C=O) groups is 4. The molecule has 7 nitrogen and oxygen atoms in total. The number of carbonyl (C=O) groups excluding carboxylic acids is 4. The summed E-state index contributed by atoms with van der Waals surface area (Å²) in [5, 5.41) is 0.483. The van der Waals surface area contributed by atoms with Crippen LogP contribution in [0.3, 0.4) is 0 Å². The second kappa shape index (κ2) is 11.5. The predicted molar refractivity (Wildman–Crippen MR) is 128 cm³/mol. The summed E-state index contributed by atoms with van der Waals surface area (Å²) in [6.07, 6.45) is -1.19. The van der Waals surface area contributed by atoms with Crippen molar-refractivity contribution in [3.05, 3.63) is 64.7 Å². The van der Waals surface area contributed by atoms with Crippen LogP contribution in [0.1, 0.15) is 47.4 Å². The lowest BCUT2D eigenvalue weighted by Crippen LogP contribution is -2.32. The van der Waals surface area contributed by atoms with Crippen molar-refractivity contribution in [1.82, 2.24) is 0 Å². The molecule has 1 heterocycles. The van der Waals surface area contributed by atoms with Gasteiger partial charge in [0.25, 0.3) is 0 Å². The van der Waals surface area contributed by atoms with Crippen molar-refractivity contribution < 1.29 is 28.7 Å². The summed E-state index contributed by atoms with van der Waals surface area (Å²) in [4.78, 5) is 51.7. The number of ketones is 1. The Morgan fingerprint density at radius 3 is 2.21 bits per heavy atom. The van der Waals surface area contributed by atoms with Crippen LogP contribution in [0.15, 0.2) is 48.5 Å². The third kappa shape index (κ3) is 6.36. The van der Waals surface area contributed by atoms with Gasteiger partial charge in [-0.2, -0.15) is 0 Å². The van der Waals surface area contributed by atoms with E-state index in [4.69, 9.17) is 32.7 Å². The number of anilines is 1. The largest absolute Gasteiger partial charge is 0.459 e. The van der Waals surface area contributed by atoms with E-state index in [0.29, 0.717) is 21.8 Å². The predicted octanol–water partition coefficient (Wildman–Crippen LogP) is 4.68. The first-order valence-electron chi connectivity index (χ1n) is 10.9. The number of esters is 2. The normalized spacial score (nSPS) is 16.4. The molecule has 2 aromatic carbocycles. The SMILES string of the molecule is CC(C)OC(=O)c1ccc(N2C[C@H](C(=O)O[C@@H](CCCl)C(=O)c3ccc(Cl)cc3)CC2=O)cc1. The van der Waals surface area contributed by atoms with Crippen molar-refractivity contribution in [3.63, 3.8) is 0 Å². The standard InChI is InChI=1S/C25H25Cl2NO6/c1-15(2)33-24(31)17-5-9-20(10-6-17)28-14-18(13-22(28)29)25(32)34-21(11-12-26)23(30)16-3-7-19(27)8-4-16/h3-10,15,18,21H,11-14H2,1-2H3/t18-,21+/m1/s1. The number of hydrogen-bond donors (Lipinski definition) is 0. The highest BCUT2D eigenvalue weighted by Crippen LogP contribution is 2.27. The highest BCUT2D eigenvalue weighted by molar-refractivity contribution is 6.30. The summed E-state index contributed by atoms with van der Waals surface area (Å²) in [6.45, 7) is 3.63. The van der Waals surface area contributed by atoms with Crippen LogP contribution in [0.5, 0.6) is 0 Å². The number of nitrogens with zero attached hydrogens (tertiary/aromatic N) is 1. The van der Waals surface area contributed by atoms with Gasteiger partial charge >= 0.3 is 11.9 Å². The van der Waals surface area contributed by atoms with E-state index in [9.17, 15) is 19.2 Å². The van der Waals surface area contributed by atoms with Crippen LogP contribution in [-0.4, -0.2) is 48.3 Å². The Balaban J connectivity index is 1.65. The van der Waals surface area contributed by atoms with Crippen molar-refractivity contribution in [2.24, 2.45) is 5.92 Å². The van der Waals surface area contributed by atoms with Gasteiger partial charge in [-0.1, -0.05) is 11.6 Å². The third-order valence-corrected chi connectivity index (χ3v) is 5.74. The van der Waals surface area contributed by atoms with E-state index in [1.165, 1.54) is 4.90 Å². The lowest BCUT2D eigenvalue weighted by molar-refractivity contribution is -0.151. The molecule has 2 aromatic rings. The Morgan fingerprint density at radius 1 is 1.00 bits per heavy atom. The Hall–Kier alpha value is -2.90. The van der Waals surface area contributed by atoms with Gasteiger partial charge in [0, 0.05) is 41.5 Å². The molecule has 0 saturated carbocycles. The highest BCUT2D eigenvalue weighted by atomic mass is 35.5. The Morgan fingerprint density at radius 2 is 1.62 bits per heavy atom. The molecule has 0 N–H and O–H groups in total. The van der Waals surface area contributed by atoms with Crippen LogP contribution < -0.4 is 4.90 Å². The van der Waals surface area contributed by atoms with E-state index >= 15 is 0 Å². The lowest BCUT2D eigenvalue weighted by Gasteiger charge is -2.19. The minimum atomic E-state index is -1.05. The number of rotatable bonds is 9. The summed E-state index contributed by atoms with van der Waals surface area (Å²) in [6, 6.07) is 12.7. The van der Waals surface area contributed by atoms with Crippen LogP contribution in [-0.2, 0) is 19.1 Å². The Kier molecular flexibility index (Phi) is 8.69. The van der Waals surface area contributed by atoms with Gasteiger partial charge in [-0.3, -0.25) is 14.4 Å². The van der Waals surface area contributed by atoms with Gasteiger partial charge in [0.2, 0.25) is 11.7 Å². The van der Waals surface area contributed by atoms with Crippen molar-refractivity contribution in [3.8, 4) is 0 Å². The van der Waals surface area contributed by atoms with Crippen LogP contribution in [0.2, 0.25) is 5.02 Å². The number of hydrogen-bond acceptors (Lipinski definition) is 6. The lowest BCUT2D eigenvalue weighted by atomic mass is 10.0. The van der Waals surface area contributed by atoms with Crippen LogP contribution in [0, 0.1) is 5.92 Å². The molecule has 9 heteroatoms. The summed E-state index contributed by atoms with van der Waals surface area (Å²) in [7, 11) is 0. The maximum absolute atomic E-state index is 12.8. The van der Waals surface area contributed by atoms with Crippen molar-refractivity contribution >= 4 is 52.5 Å². The van der Waals surface area contributed by atoms with Gasteiger partial charge in [-0.05, 0) is 62.4 Å². The molecule has 0 spiro atoms. The maximum Gasteiger partial charge on any atom is 0.338 e. The minimum absolute atomic E-state index is 0.0430. The summed E-state index contributed by atoms with van der Waals surface area (Å²) in [5.74, 6) is -2.32. The molecule has 1 aliphatic rings. The number of alkyl halides is 1. The van der Waals surface area contributed by atoms with E-state index < -0.39 is 24.0 Å². The maximum atomic E-state index is 12.8. The molecule has 0 unspecified atom stereocenters. The van der Waals surface area contributed by atoms with E-state index in [0.717, 1.165) is 0 Å². The number of ether oxygens (including phenoxy) is 2. The molecular weight excluding hydrogens is 481 g/mol. The zero-order valence-corrected chi connectivity index (χ0v) is 20.3. The number of benzene rings is 2. The van der Waals surface area contributed by atoms with Crippen LogP contribution >= 0.6 is 23.2 Å². The van der Waals surface area contributed by atoms with Gasteiger partial charge in [-0.15, -0.1) is 11.6 Å². The minimum Gasteiger partial charge on any atom is -0.459 e. The molecule has 1 fully saturated rings. The number of amides is 1. The topological polar surface area (TPSA) is 90.0 Å². The molecular formula is C25H25Cl2NO6. The van der Waals surface area contributed by atoms with E-state index in [1.54, 1.807) is 62.4 Å². The quantitative estimate of drug-likeness (QED) is 0.279. The smallest absolute Gasteiger partial charge is 0.338 e. The summed E-state index contributed by atoms with van der Waals surface area (Å²) in [5.41, 5.74) is 1.27. The fraction of sp³-hybridized carbons (Fsp3) is 0.360. The first-order chi connectivity index (χ1) is 16.2. The molecule has 1 saturated heterocycles. The average Bonchev–Trinajstić information content (AvgIpc) is 3.20. The van der Waals surface area contributed by atoms with Gasteiger partial charge in [-0.25, -0.2) is 4.79 Å². The summed E-state index contributed by atoms with van der Waals surface area (Å²) >= 11 is 11.7. The molecule has 0 bridgehead atoms. The molecule has 1 aliphatic heterocycles. The first kappa shape index (κ1) is 25.7. The first-order valence-corrected chi connectivity index (χ1v) is 11.8. The second-order valence-corrected chi connectivity index (χ2v) is 9.00. The monoisotopic (exact) mass is 505 g/mol. The van der Waals surface area contributed by atoms with Crippen LogP contribution in [0.25, 0.3) is 0 Å². The fourth-order valence-electron chi connectivity index (χ4n) is 3.55. The van der Waals surface area contributed by atoms with Crippen molar-refractivity contribution in [2.75, 3.05) is 17.3 Å². The molecule has 0 radical (unpaired) electrons. The van der Waals surface area contributed by atoms with Crippen molar-refractivity contribution in [2.45, 2.75) is 38.9 Å². The van der Waals surface area contributed by atoms with E-state index in [2.05, 4.69) is 0 Å². The molecule has 0 aliphatic carbocycles. The van der Waals surface area contributed by atoms with Crippen LogP contribution in [0.4, 0.5) is 5.69 Å². The Labute approximate surface area is 207 Å². The third-order valence-electron chi connectivity index (χ3n) is 5.27. The van der Waals surface area contributed by atoms with Gasteiger partial charge < -0.3 is 14.4 Å². The van der Waals surface area contributed by atoms with E-state index in [1.807, 2.05) is 0 Å². The van der Waals surface area contributed by atoms with Crippen molar-refractivity contribution in [1.29, 1.82) is 0 Å². The summed E-state index contributed by atoms with van der Waals surface area (Å²) < 4.78 is 10.7. The van der Waals surface area contributed by atoms with E-state index in [-0.39, 0.29) is 43.1 Å². The Bertz CT molecular complexity index is 1050. The second-order valence-electron chi connectivity index (χ2n) is 8.18. The molecule has 2 atom stereocenters. The fourth-order valence-corrected chi connectivity index (χ4v) is 3.88. The highest BCUT2D eigenvalue weighted by Gasteiger charge is 2.38. The molecule has 3 rings (SSSR count). The van der Waals surface area contributed by atoms with Gasteiger partial charge in [0.15, 0.2) is 6.10 Å². The number of Topliss-reactive ketones (excluding diaryl/α,β-unsaturated/α-hetero) is 1. The molecule has 180 valence electrons. The molecule has 1 amide bonds. The average molecular weight is 506 g/mol. The zero-order chi connectivity index (χ0) is 24.8. The van der Waals surface area contributed by atoms with Gasteiger partial charge in [0.05, 0.1) is 17.6 Å². The zero-order valence-electron chi connectivity index (χ0n) is 18.8. The molecule has 0 aromatic heterocycles. The number of halogens is 2. The van der Waals surface area contributed by atoms with Gasteiger partial charge in [0.1, 0.15) is 0 Å². The molecule has 34 heavy (non-hydrogen) atoms.